The van der Waals surface area contributed by atoms with Crippen molar-refractivity contribution in [2.24, 2.45) is 0 Å². The Balaban J connectivity index is 0. The summed E-state index contributed by atoms with van der Waals surface area (Å²) in [6.45, 7) is 3.49. The maximum atomic E-state index is 9.45. The molecule has 134 valence electrons. The van der Waals surface area contributed by atoms with Gasteiger partial charge in [-0.2, -0.15) is 0 Å². The Morgan fingerprint density at radius 2 is 1.04 bits per heavy atom. The second-order valence-electron chi connectivity index (χ2n) is 6.61. The van der Waals surface area contributed by atoms with Crippen LogP contribution in [0.5, 0.6) is 0 Å². The second kappa shape index (κ2) is 22.4. The number of rotatable bonds is 15. The number of aliphatic hydroxyl groups is 1. The van der Waals surface area contributed by atoms with Crippen LogP contribution in [0.2, 0.25) is 3.67 Å². The van der Waals surface area contributed by atoms with Gasteiger partial charge in [0.05, 0.1) is 0 Å². The standard InChI is InChI=1S/C16H33.C3H6O3.Na/c1-3-5-7-9-11-13-15-16-14-12-10-8-6-4-2;1-2(4)3(5)6;/h1,3-16H2,2H3;2,4H,1H3,(H,5,6);. The molecule has 0 aliphatic heterocycles. The van der Waals surface area contributed by atoms with Crippen LogP contribution in [0.3, 0.4) is 0 Å². The van der Waals surface area contributed by atoms with E-state index in [1.807, 2.05) is 0 Å². The number of hydrogen-bond acceptors (Lipinski definition) is 2. The Labute approximate surface area is 162 Å². The quantitative estimate of drug-likeness (QED) is 0.306. The molecule has 0 saturated carbocycles. The minimum absolute atomic E-state index is 1.19. The fourth-order valence-corrected chi connectivity index (χ4v) is 2.94. The molecule has 3 nitrogen and oxygen atoms in total. The summed E-state index contributed by atoms with van der Waals surface area (Å²) in [5.41, 5.74) is 0. The van der Waals surface area contributed by atoms with E-state index >= 15 is 0 Å². The van der Waals surface area contributed by atoms with Crippen molar-refractivity contribution in [3.63, 3.8) is 0 Å². The first-order chi connectivity index (χ1) is 11.1. The molecule has 1 atom stereocenters. The summed E-state index contributed by atoms with van der Waals surface area (Å²) in [6, 6.07) is 0. The molecule has 1 unspecified atom stereocenters. The molecule has 2 N–H and O–H groups in total. The van der Waals surface area contributed by atoms with Crippen LogP contribution in [0.1, 0.15) is 104 Å². The Bertz CT molecular complexity index is 219. The summed E-state index contributed by atoms with van der Waals surface area (Å²) in [7, 11) is 0. The first-order valence-electron chi connectivity index (χ1n) is 9.97. The summed E-state index contributed by atoms with van der Waals surface area (Å²) in [5, 5.41) is 15.8. The molecule has 0 saturated heterocycles. The van der Waals surface area contributed by atoms with Crippen LogP contribution in [0, 0.1) is 0 Å². The van der Waals surface area contributed by atoms with E-state index < -0.39 is 12.1 Å². The van der Waals surface area contributed by atoms with Crippen molar-refractivity contribution in [3.05, 3.63) is 0 Å². The summed E-state index contributed by atoms with van der Waals surface area (Å²) in [6.07, 6.45) is 19.5. The molecule has 0 heterocycles. The van der Waals surface area contributed by atoms with Crippen molar-refractivity contribution >= 4 is 33.9 Å². The molecule has 0 spiro atoms. The average molecular weight is 339 g/mol. The summed E-state index contributed by atoms with van der Waals surface area (Å²) >= 11 is 1.41. The van der Waals surface area contributed by atoms with Crippen LogP contribution in [0.25, 0.3) is 0 Å². The van der Waals surface area contributed by atoms with Gasteiger partial charge in [0.25, 0.3) is 0 Å². The fourth-order valence-electron chi connectivity index (χ4n) is 2.44. The number of unbranched alkanes of at least 4 members (excludes halogenated alkanes) is 13. The molecule has 0 aliphatic carbocycles. The molecule has 0 aromatic rings. The molecule has 0 bridgehead atoms. The number of carboxylic acids is 1. The van der Waals surface area contributed by atoms with E-state index in [2.05, 4.69) is 6.92 Å². The first-order valence-corrected chi connectivity index (χ1v) is 11.4. The average Bonchev–Trinajstić information content (AvgIpc) is 2.52. The van der Waals surface area contributed by atoms with Crippen molar-refractivity contribution in [1.29, 1.82) is 0 Å². The third-order valence-corrected chi connectivity index (χ3v) is 4.77. The molecule has 0 rings (SSSR count). The fraction of sp³-hybridized carbons (Fsp3) is 0.947. The molecule has 0 aliphatic rings. The van der Waals surface area contributed by atoms with Crippen LogP contribution in [0.4, 0.5) is 0 Å². The van der Waals surface area contributed by atoms with Gasteiger partial charge in [0.2, 0.25) is 0 Å². The van der Waals surface area contributed by atoms with Gasteiger partial charge in [0, 0.05) is 0 Å². The minimum atomic E-state index is -1.23. The van der Waals surface area contributed by atoms with Crippen LogP contribution in [-0.2, 0) is 4.79 Å². The van der Waals surface area contributed by atoms with E-state index in [-0.39, 0.29) is 0 Å². The van der Waals surface area contributed by atoms with E-state index in [0.29, 0.717) is 0 Å². The van der Waals surface area contributed by atoms with Crippen LogP contribution >= 0.6 is 0 Å². The van der Waals surface area contributed by atoms with Gasteiger partial charge in [-0.25, -0.2) is 4.79 Å². The van der Waals surface area contributed by atoms with Crippen molar-refractivity contribution in [2.75, 3.05) is 0 Å². The van der Waals surface area contributed by atoms with Gasteiger partial charge in [-0.05, 0) is 6.92 Å². The zero-order valence-corrected chi connectivity index (χ0v) is 18.0. The molecular weight excluding hydrogens is 299 g/mol. The van der Waals surface area contributed by atoms with E-state index in [9.17, 15) is 4.79 Å². The van der Waals surface area contributed by atoms with Gasteiger partial charge in [0.15, 0.2) is 0 Å². The number of hydrogen-bond donors (Lipinski definition) is 2. The second-order valence-corrected chi connectivity index (χ2v) is 7.61. The Kier molecular flexibility index (Phi) is 25.0. The maximum absolute atomic E-state index is 9.45. The van der Waals surface area contributed by atoms with Crippen molar-refractivity contribution in [2.45, 2.75) is 114 Å². The van der Waals surface area contributed by atoms with Gasteiger partial charge in [0.1, 0.15) is 6.10 Å². The van der Waals surface area contributed by atoms with E-state index in [0.717, 1.165) is 0 Å². The van der Waals surface area contributed by atoms with Crippen LogP contribution < -0.4 is 0 Å². The van der Waals surface area contributed by atoms with Crippen molar-refractivity contribution in [3.8, 4) is 0 Å². The molecule has 0 aromatic heterocycles. The van der Waals surface area contributed by atoms with Crippen molar-refractivity contribution in [1.82, 2.24) is 0 Å². The van der Waals surface area contributed by atoms with Gasteiger partial charge < -0.3 is 10.2 Å². The number of aliphatic hydroxyl groups excluding tert-OH is 1. The zero-order valence-electron chi connectivity index (χ0n) is 16.0. The van der Waals surface area contributed by atoms with Crippen LogP contribution in [0.15, 0.2) is 0 Å². The number of carbonyl (C=O) groups is 1. The summed E-state index contributed by atoms with van der Waals surface area (Å²) < 4.78 is 1.51. The third kappa shape index (κ3) is 27.6. The van der Waals surface area contributed by atoms with Gasteiger partial charge in [-0.1, -0.05) is 26.2 Å². The topological polar surface area (TPSA) is 57.5 Å². The first kappa shape index (κ1) is 25.7. The van der Waals surface area contributed by atoms with E-state index in [1.165, 1.54) is 128 Å². The van der Waals surface area contributed by atoms with Gasteiger partial charge in [-0.15, -0.1) is 0 Å². The van der Waals surface area contributed by atoms with Crippen molar-refractivity contribution < 1.29 is 15.0 Å². The molecule has 0 amide bonds. The predicted molar refractivity (Wildman–Crippen MR) is 100 cm³/mol. The van der Waals surface area contributed by atoms with E-state index in [1.54, 1.807) is 0 Å². The van der Waals surface area contributed by atoms with Gasteiger partial charge in [-0.3, -0.25) is 0 Å². The number of aliphatic carboxylic acids is 1. The van der Waals surface area contributed by atoms with E-state index in [4.69, 9.17) is 10.2 Å². The predicted octanol–water partition coefficient (Wildman–Crippen LogP) is 5.51. The molecular formula is C19H39NaO3. The summed E-state index contributed by atoms with van der Waals surface area (Å²) in [4.78, 5) is 9.45. The zero-order chi connectivity index (χ0) is 17.8. The molecule has 4 heteroatoms. The molecule has 0 radical (unpaired) electrons. The Hall–Kier alpha value is 0.430. The summed E-state index contributed by atoms with van der Waals surface area (Å²) in [5.74, 6) is -1.19. The normalized spacial score (nSPS) is 11.7. The molecule has 23 heavy (non-hydrogen) atoms. The van der Waals surface area contributed by atoms with Gasteiger partial charge >= 0.3 is 108 Å². The Morgan fingerprint density at radius 3 is 1.26 bits per heavy atom. The SMILES string of the molecule is CC(O)C(=O)O.CCCCCCCCCCCCCCC[CH2][Na]. The monoisotopic (exact) mass is 338 g/mol. The molecule has 0 aromatic carbocycles. The third-order valence-electron chi connectivity index (χ3n) is 4.06. The Morgan fingerprint density at radius 1 is 0.783 bits per heavy atom. The number of carboxylic acid groups (broad SMARTS) is 1. The van der Waals surface area contributed by atoms with Crippen LogP contribution in [-0.4, -0.2) is 50.2 Å². The molecule has 0 fully saturated rings.